The van der Waals surface area contributed by atoms with Gasteiger partial charge >= 0.3 is 0 Å². The Morgan fingerprint density at radius 2 is 1.81 bits per heavy atom. The van der Waals surface area contributed by atoms with Crippen molar-refractivity contribution in [2.24, 2.45) is 0 Å². The maximum Gasteiger partial charge on any atom is 0.0595 e. The number of hydrogen-bond acceptors (Lipinski definition) is 1. The maximum atomic E-state index is 7.47. The standard InChI is InChI=1S/C17H17Cl2N.ClH/c1-20-17-9-7-12(13-4-2-3-5-14(13)17)11-6-8-15(18)16(19)10-11;/h2-6,8,10,12,17,20H,7,9H2,1H3;1H/t12-,17-;/m0./s1/i1D3;. The van der Waals surface area contributed by atoms with E-state index < -0.39 is 6.98 Å². The van der Waals surface area contributed by atoms with Gasteiger partial charge in [0.15, 0.2) is 0 Å². The molecule has 0 bridgehead atoms. The lowest BCUT2D eigenvalue weighted by Gasteiger charge is -2.32. The molecule has 1 aliphatic rings. The second kappa shape index (κ2) is 7.02. The molecule has 0 fully saturated rings. The molecule has 2 aromatic carbocycles. The Bertz CT molecular complexity index is 718. The molecule has 0 saturated carbocycles. The lowest BCUT2D eigenvalue weighted by Crippen LogP contribution is -2.24. The minimum atomic E-state index is -2.14. The third kappa shape index (κ3) is 3.22. The number of nitrogens with one attached hydrogen (secondary N) is 1. The van der Waals surface area contributed by atoms with Crippen LogP contribution in [0.2, 0.25) is 10.0 Å². The van der Waals surface area contributed by atoms with E-state index in [0.29, 0.717) is 10.0 Å². The van der Waals surface area contributed by atoms with Crippen LogP contribution in [0.15, 0.2) is 42.5 Å². The molecule has 0 saturated heterocycles. The highest BCUT2D eigenvalue weighted by atomic mass is 35.5. The molecule has 1 aliphatic carbocycles. The van der Waals surface area contributed by atoms with E-state index in [2.05, 4.69) is 11.4 Å². The van der Waals surface area contributed by atoms with Gasteiger partial charge in [-0.3, -0.25) is 0 Å². The number of hydrogen-bond donors (Lipinski definition) is 1. The van der Waals surface area contributed by atoms with Gasteiger partial charge in [-0.05, 0) is 48.6 Å². The lowest BCUT2D eigenvalue weighted by atomic mass is 9.77. The molecule has 0 spiro atoms. The first-order valence-electron chi connectivity index (χ1n) is 8.16. The van der Waals surface area contributed by atoms with Gasteiger partial charge in [-0.1, -0.05) is 53.5 Å². The summed E-state index contributed by atoms with van der Waals surface area (Å²) in [5.74, 6) is 0.204. The van der Waals surface area contributed by atoms with Gasteiger partial charge in [0.05, 0.1) is 10.0 Å². The minimum absolute atomic E-state index is 0. The van der Waals surface area contributed by atoms with Crippen molar-refractivity contribution in [3.63, 3.8) is 0 Å². The van der Waals surface area contributed by atoms with Crippen molar-refractivity contribution >= 4 is 35.6 Å². The van der Waals surface area contributed by atoms with E-state index in [1.165, 1.54) is 0 Å². The third-order valence-electron chi connectivity index (χ3n) is 4.01. The molecule has 4 heteroatoms. The van der Waals surface area contributed by atoms with Gasteiger partial charge < -0.3 is 5.32 Å². The van der Waals surface area contributed by atoms with Crippen LogP contribution in [0.5, 0.6) is 0 Å². The van der Waals surface area contributed by atoms with Gasteiger partial charge in [0.25, 0.3) is 0 Å². The van der Waals surface area contributed by atoms with Gasteiger partial charge in [-0.25, -0.2) is 0 Å². The minimum Gasteiger partial charge on any atom is -0.313 e. The first-order valence-corrected chi connectivity index (χ1v) is 7.42. The molecule has 0 radical (unpaired) electrons. The van der Waals surface area contributed by atoms with Crippen molar-refractivity contribution in [2.75, 3.05) is 6.98 Å². The van der Waals surface area contributed by atoms with E-state index in [1.54, 1.807) is 0 Å². The van der Waals surface area contributed by atoms with Crippen LogP contribution < -0.4 is 5.32 Å². The molecular weight excluding hydrogens is 325 g/mol. The van der Waals surface area contributed by atoms with E-state index in [0.717, 1.165) is 29.5 Å². The fourth-order valence-electron chi connectivity index (χ4n) is 3.02. The molecule has 0 aliphatic heterocycles. The van der Waals surface area contributed by atoms with Crippen LogP contribution in [0.25, 0.3) is 0 Å². The van der Waals surface area contributed by atoms with Crippen LogP contribution in [-0.2, 0) is 0 Å². The summed E-state index contributed by atoms with van der Waals surface area (Å²) in [6.07, 6.45) is 1.63. The molecule has 0 unspecified atom stereocenters. The topological polar surface area (TPSA) is 12.0 Å². The van der Waals surface area contributed by atoms with Crippen LogP contribution >= 0.6 is 35.6 Å². The average molecular weight is 346 g/mol. The summed E-state index contributed by atoms with van der Waals surface area (Å²) < 4.78 is 22.4. The van der Waals surface area contributed by atoms with Gasteiger partial charge in [-0.2, -0.15) is 0 Å². The van der Waals surface area contributed by atoms with E-state index in [1.807, 2.05) is 36.4 Å². The van der Waals surface area contributed by atoms with Gasteiger partial charge in [0.2, 0.25) is 0 Å². The Labute approximate surface area is 146 Å². The summed E-state index contributed by atoms with van der Waals surface area (Å²) in [7, 11) is 0. The Kier molecular flexibility index (Phi) is 4.27. The van der Waals surface area contributed by atoms with E-state index >= 15 is 0 Å². The normalized spacial score (nSPS) is 23.2. The molecule has 0 amide bonds. The zero-order chi connectivity index (χ0) is 16.6. The largest absolute Gasteiger partial charge is 0.313 e. The Morgan fingerprint density at radius 3 is 2.52 bits per heavy atom. The van der Waals surface area contributed by atoms with Gasteiger partial charge in [-0.15, -0.1) is 12.4 Å². The number of fused-ring (bicyclic) bond motifs is 1. The van der Waals surface area contributed by atoms with E-state index in [-0.39, 0.29) is 24.4 Å². The first kappa shape index (κ1) is 12.8. The second-order valence-corrected chi connectivity index (χ2v) is 5.94. The van der Waals surface area contributed by atoms with Crippen LogP contribution in [0.3, 0.4) is 0 Å². The number of rotatable bonds is 2. The summed E-state index contributed by atoms with van der Waals surface area (Å²) >= 11 is 12.2. The molecule has 0 aromatic heterocycles. The second-order valence-electron chi connectivity index (χ2n) is 5.13. The predicted molar refractivity (Wildman–Crippen MR) is 93.0 cm³/mol. The van der Waals surface area contributed by atoms with Gasteiger partial charge in [0, 0.05) is 16.1 Å². The molecule has 1 N–H and O–H groups in total. The maximum absolute atomic E-state index is 7.47. The van der Waals surface area contributed by atoms with Crippen LogP contribution in [0.4, 0.5) is 0 Å². The van der Waals surface area contributed by atoms with Gasteiger partial charge in [0.1, 0.15) is 0 Å². The smallest absolute Gasteiger partial charge is 0.0595 e. The van der Waals surface area contributed by atoms with Crippen LogP contribution in [0.1, 0.15) is 45.6 Å². The van der Waals surface area contributed by atoms with Crippen molar-refractivity contribution in [3.05, 3.63) is 69.2 Å². The molecule has 1 nitrogen and oxygen atoms in total. The highest BCUT2D eigenvalue weighted by Gasteiger charge is 2.27. The molecule has 21 heavy (non-hydrogen) atoms. The summed E-state index contributed by atoms with van der Waals surface area (Å²) in [5.41, 5.74) is 3.31. The van der Waals surface area contributed by atoms with Crippen molar-refractivity contribution in [1.82, 2.24) is 5.32 Å². The predicted octanol–water partition coefficient (Wildman–Crippen LogP) is 5.60. The highest BCUT2D eigenvalue weighted by molar-refractivity contribution is 6.42. The molecular formula is C17H18Cl3N. The van der Waals surface area contributed by atoms with Crippen LogP contribution in [0, 0.1) is 0 Å². The Balaban J connectivity index is 0.00000208. The Hall–Kier alpha value is -0.730. The SMILES string of the molecule is Cl.[2H]C([2H])([2H])N[C@H]1CC[C@@H](c2ccc(Cl)c(Cl)c2)c2ccccc21. The quantitative estimate of drug-likeness (QED) is 0.747. The highest BCUT2D eigenvalue weighted by Crippen LogP contribution is 2.42. The monoisotopic (exact) mass is 344 g/mol. The van der Waals surface area contributed by atoms with Crippen molar-refractivity contribution in [2.45, 2.75) is 24.8 Å². The summed E-state index contributed by atoms with van der Waals surface area (Å²) in [6.45, 7) is -2.14. The average Bonchev–Trinajstić information content (AvgIpc) is 2.49. The number of benzene rings is 2. The summed E-state index contributed by atoms with van der Waals surface area (Å²) in [4.78, 5) is 0. The van der Waals surface area contributed by atoms with Crippen molar-refractivity contribution in [3.8, 4) is 0 Å². The van der Waals surface area contributed by atoms with Crippen molar-refractivity contribution in [1.29, 1.82) is 0 Å². The molecule has 3 rings (SSSR count). The Morgan fingerprint density at radius 1 is 1.05 bits per heavy atom. The molecule has 112 valence electrons. The molecule has 2 atom stereocenters. The zero-order valence-corrected chi connectivity index (χ0v) is 13.6. The fraction of sp³-hybridized carbons (Fsp3) is 0.294. The third-order valence-corrected chi connectivity index (χ3v) is 4.75. The van der Waals surface area contributed by atoms with Crippen molar-refractivity contribution < 1.29 is 4.11 Å². The summed E-state index contributed by atoms with van der Waals surface area (Å²) in [6, 6.07) is 13.6. The zero-order valence-electron chi connectivity index (χ0n) is 14.3. The van der Waals surface area contributed by atoms with E-state index in [4.69, 9.17) is 27.3 Å². The van der Waals surface area contributed by atoms with Crippen LogP contribution in [-0.4, -0.2) is 6.98 Å². The lowest BCUT2D eigenvalue weighted by molar-refractivity contribution is 0.471. The molecule has 2 aromatic rings. The molecule has 0 heterocycles. The number of halogens is 3. The summed E-state index contributed by atoms with van der Waals surface area (Å²) in [5, 5.41) is 3.85. The van der Waals surface area contributed by atoms with E-state index in [9.17, 15) is 0 Å². The fourth-order valence-corrected chi connectivity index (χ4v) is 3.32. The first-order chi connectivity index (χ1) is 10.8.